The molecule has 4 nitrogen and oxygen atoms in total. The molecule has 2 N–H and O–H groups in total. The molecule has 0 amide bonds. The molecule has 1 heterocycles. The van der Waals surface area contributed by atoms with Crippen LogP contribution in [0.5, 0.6) is 0 Å². The fraction of sp³-hybridized carbons (Fsp3) is 0.500. The van der Waals surface area contributed by atoms with E-state index >= 15 is 0 Å². The Bertz CT molecular complexity index is 336. The third kappa shape index (κ3) is 1.84. The van der Waals surface area contributed by atoms with Crippen molar-refractivity contribution < 1.29 is 0 Å². The minimum absolute atomic E-state index is 0.222. The minimum Gasteiger partial charge on any atom is -0.311 e. The van der Waals surface area contributed by atoms with E-state index in [4.69, 9.17) is 0 Å². The van der Waals surface area contributed by atoms with Crippen molar-refractivity contribution in [3.05, 3.63) is 32.6 Å². The van der Waals surface area contributed by atoms with Crippen LogP contribution in [0.2, 0.25) is 0 Å². The van der Waals surface area contributed by atoms with Gasteiger partial charge in [-0.3, -0.25) is 9.78 Å². The first-order valence-corrected chi connectivity index (χ1v) is 3.97. The van der Waals surface area contributed by atoms with E-state index in [-0.39, 0.29) is 11.5 Å². The maximum absolute atomic E-state index is 10.9. The van der Waals surface area contributed by atoms with Crippen LogP contribution in [0.15, 0.2) is 15.7 Å². The maximum Gasteiger partial charge on any atom is 0.325 e. The van der Waals surface area contributed by atoms with E-state index < -0.39 is 5.69 Å². The highest BCUT2D eigenvalue weighted by Crippen LogP contribution is 2.12. The van der Waals surface area contributed by atoms with Crippen LogP contribution in [0, 0.1) is 0 Å². The molecule has 1 rings (SSSR count). The number of rotatable bonds is 2. The van der Waals surface area contributed by atoms with Crippen LogP contribution in [0.1, 0.15) is 31.9 Å². The minimum atomic E-state index is -0.433. The van der Waals surface area contributed by atoms with Gasteiger partial charge in [0.2, 0.25) is 0 Å². The Balaban J connectivity index is 3.17. The van der Waals surface area contributed by atoms with Gasteiger partial charge in [-0.25, -0.2) is 4.79 Å². The van der Waals surface area contributed by atoms with Crippen LogP contribution >= 0.6 is 0 Å². The standard InChI is InChI=1S/C8H12N2O2/c1-3-5(2)6-4-7(11)10-8(12)9-6/h4-5H,3H2,1-2H3,(H2,9,10,11,12)/t5-/m0/s1. The van der Waals surface area contributed by atoms with Gasteiger partial charge in [0.1, 0.15) is 0 Å². The largest absolute Gasteiger partial charge is 0.325 e. The van der Waals surface area contributed by atoms with E-state index in [0.717, 1.165) is 6.42 Å². The van der Waals surface area contributed by atoms with Crippen LogP contribution in [0.4, 0.5) is 0 Å². The van der Waals surface area contributed by atoms with Gasteiger partial charge in [-0.1, -0.05) is 13.8 Å². The first-order chi connectivity index (χ1) is 5.63. The van der Waals surface area contributed by atoms with Gasteiger partial charge in [0.25, 0.3) is 5.56 Å². The van der Waals surface area contributed by atoms with Crippen molar-refractivity contribution in [3.8, 4) is 0 Å². The third-order valence-electron chi connectivity index (χ3n) is 1.92. The Kier molecular flexibility index (Phi) is 2.47. The van der Waals surface area contributed by atoms with Gasteiger partial charge in [0.05, 0.1) is 0 Å². The van der Waals surface area contributed by atoms with E-state index in [0.29, 0.717) is 5.69 Å². The summed E-state index contributed by atoms with van der Waals surface area (Å²) in [6.07, 6.45) is 0.902. The van der Waals surface area contributed by atoms with Gasteiger partial charge < -0.3 is 4.98 Å². The summed E-state index contributed by atoms with van der Waals surface area (Å²) in [4.78, 5) is 26.4. The Morgan fingerprint density at radius 2 is 2.08 bits per heavy atom. The zero-order valence-electron chi connectivity index (χ0n) is 7.18. The maximum atomic E-state index is 10.9. The zero-order valence-corrected chi connectivity index (χ0v) is 7.18. The van der Waals surface area contributed by atoms with Crippen LogP contribution in [0.3, 0.4) is 0 Å². The van der Waals surface area contributed by atoms with Crippen molar-refractivity contribution >= 4 is 0 Å². The summed E-state index contributed by atoms with van der Waals surface area (Å²) in [5, 5.41) is 0. The smallest absolute Gasteiger partial charge is 0.311 e. The van der Waals surface area contributed by atoms with Crippen molar-refractivity contribution in [2.45, 2.75) is 26.2 Å². The quantitative estimate of drug-likeness (QED) is 0.678. The molecule has 1 atom stereocenters. The second-order valence-electron chi connectivity index (χ2n) is 2.85. The molecule has 0 saturated carbocycles. The summed E-state index contributed by atoms with van der Waals surface area (Å²) in [6, 6.07) is 1.43. The van der Waals surface area contributed by atoms with Gasteiger partial charge in [0, 0.05) is 11.8 Å². The summed E-state index contributed by atoms with van der Waals surface area (Å²) in [5.41, 5.74) is -0.0712. The summed E-state index contributed by atoms with van der Waals surface area (Å²) in [6.45, 7) is 3.97. The lowest BCUT2D eigenvalue weighted by atomic mass is 10.1. The fourth-order valence-corrected chi connectivity index (χ4v) is 0.973. The third-order valence-corrected chi connectivity index (χ3v) is 1.92. The first-order valence-electron chi connectivity index (χ1n) is 3.97. The molecule has 0 fully saturated rings. The van der Waals surface area contributed by atoms with Crippen LogP contribution < -0.4 is 11.2 Å². The van der Waals surface area contributed by atoms with Gasteiger partial charge in [-0.05, 0) is 12.3 Å². The number of hydrogen-bond donors (Lipinski definition) is 2. The van der Waals surface area contributed by atoms with Crippen molar-refractivity contribution in [2.24, 2.45) is 0 Å². The molecular weight excluding hydrogens is 156 g/mol. The lowest BCUT2D eigenvalue weighted by Gasteiger charge is -2.06. The Hall–Kier alpha value is -1.32. The molecular formula is C8H12N2O2. The summed E-state index contributed by atoms with van der Waals surface area (Å²) < 4.78 is 0. The van der Waals surface area contributed by atoms with Crippen LogP contribution in [-0.2, 0) is 0 Å². The Morgan fingerprint density at radius 3 is 2.58 bits per heavy atom. The average molecular weight is 168 g/mol. The summed E-state index contributed by atoms with van der Waals surface area (Å²) >= 11 is 0. The predicted molar refractivity (Wildman–Crippen MR) is 46.4 cm³/mol. The van der Waals surface area contributed by atoms with Crippen molar-refractivity contribution in [1.82, 2.24) is 9.97 Å². The summed E-state index contributed by atoms with van der Waals surface area (Å²) in [7, 11) is 0. The average Bonchev–Trinajstić information content (AvgIpc) is 2.01. The molecule has 0 aliphatic carbocycles. The first kappa shape index (κ1) is 8.77. The monoisotopic (exact) mass is 168 g/mol. The topological polar surface area (TPSA) is 65.7 Å². The van der Waals surface area contributed by atoms with E-state index in [1.807, 2.05) is 13.8 Å². The molecule has 0 unspecified atom stereocenters. The lowest BCUT2D eigenvalue weighted by Crippen LogP contribution is -2.23. The van der Waals surface area contributed by atoms with Crippen molar-refractivity contribution in [3.63, 3.8) is 0 Å². The number of aromatic nitrogens is 2. The lowest BCUT2D eigenvalue weighted by molar-refractivity contribution is 0.696. The predicted octanol–water partition coefficient (Wildman–Crippen LogP) is 0.577. The molecule has 0 aliphatic rings. The molecule has 0 spiro atoms. The van der Waals surface area contributed by atoms with E-state index in [9.17, 15) is 9.59 Å². The number of aromatic amines is 2. The molecule has 4 heteroatoms. The van der Waals surface area contributed by atoms with E-state index in [1.54, 1.807) is 0 Å². The van der Waals surface area contributed by atoms with Gasteiger partial charge in [0.15, 0.2) is 0 Å². The zero-order chi connectivity index (χ0) is 9.14. The Labute approximate surface area is 69.7 Å². The second-order valence-corrected chi connectivity index (χ2v) is 2.85. The van der Waals surface area contributed by atoms with E-state index in [2.05, 4.69) is 9.97 Å². The molecule has 0 bridgehead atoms. The molecule has 0 aromatic carbocycles. The normalized spacial score (nSPS) is 12.8. The van der Waals surface area contributed by atoms with Crippen LogP contribution in [-0.4, -0.2) is 9.97 Å². The molecule has 0 radical (unpaired) electrons. The van der Waals surface area contributed by atoms with Crippen molar-refractivity contribution in [1.29, 1.82) is 0 Å². The molecule has 0 saturated heterocycles. The Morgan fingerprint density at radius 1 is 1.42 bits per heavy atom. The highest BCUT2D eigenvalue weighted by Gasteiger charge is 2.03. The number of hydrogen-bond acceptors (Lipinski definition) is 2. The molecule has 1 aromatic rings. The summed E-state index contributed by atoms with van der Waals surface area (Å²) in [5.74, 6) is 0.222. The van der Waals surface area contributed by atoms with Crippen LogP contribution in [0.25, 0.3) is 0 Å². The fourth-order valence-electron chi connectivity index (χ4n) is 0.973. The highest BCUT2D eigenvalue weighted by atomic mass is 16.2. The number of H-pyrrole nitrogens is 2. The second kappa shape index (κ2) is 3.38. The van der Waals surface area contributed by atoms with Crippen molar-refractivity contribution in [2.75, 3.05) is 0 Å². The van der Waals surface area contributed by atoms with Gasteiger partial charge in [-0.15, -0.1) is 0 Å². The SMILES string of the molecule is CC[C@H](C)c1cc(=O)[nH]c(=O)[nH]1. The van der Waals surface area contributed by atoms with Gasteiger partial charge >= 0.3 is 5.69 Å². The molecule has 66 valence electrons. The molecule has 12 heavy (non-hydrogen) atoms. The van der Waals surface area contributed by atoms with Gasteiger partial charge in [-0.2, -0.15) is 0 Å². The molecule has 1 aromatic heterocycles. The highest BCUT2D eigenvalue weighted by molar-refractivity contribution is 5.03. The van der Waals surface area contributed by atoms with E-state index in [1.165, 1.54) is 6.07 Å². The number of nitrogens with one attached hydrogen (secondary N) is 2. The molecule has 0 aliphatic heterocycles.